The van der Waals surface area contributed by atoms with Gasteiger partial charge in [0.2, 0.25) is 11.0 Å². The van der Waals surface area contributed by atoms with Gasteiger partial charge in [0, 0.05) is 17.9 Å². The van der Waals surface area contributed by atoms with Crippen molar-refractivity contribution < 1.29 is 4.42 Å². The number of thioether (sulfide) groups is 1. The third-order valence-electron chi connectivity index (χ3n) is 2.93. The Morgan fingerprint density at radius 1 is 1.23 bits per heavy atom. The largest absolute Gasteiger partial charge is 0.444 e. The van der Waals surface area contributed by atoms with E-state index in [9.17, 15) is 0 Å². The molecule has 5 nitrogen and oxygen atoms in total. The van der Waals surface area contributed by atoms with E-state index in [1.165, 1.54) is 5.56 Å². The van der Waals surface area contributed by atoms with Crippen molar-refractivity contribution in [2.75, 3.05) is 11.9 Å². The number of nitrogens with one attached hydrogen (secondary N) is 1. The van der Waals surface area contributed by atoms with Crippen molar-refractivity contribution in [1.29, 1.82) is 0 Å². The van der Waals surface area contributed by atoms with E-state index >= 15 is 0 Å². The summed E-state index contributed by atoms with van der Waals surface area (Å²) in [6.07, 6.45) is 1.70. The number of aryl methyl sites for hydroxylation is 1. The zero-order valence-electron chi connectivity index (χ0n) is 12.4. The van der Waals surface area contributed by atoms with Gasteiger partial charge in [-0.1, -0.05) is 40.8 Å². The fraction of sp³-hybridized carbons (Fsp3) is 0.267. The fourth-order valence-electron chi connectivity index (χ4n) is 1.83. The molecule has 114 valence electrons. The molecular weight excluding hydrogens is 316 g/mol. The first-order chi connectivity index (χ1) is 10.7. The maximum absolute atomic E-state index is 5.55. The molecule has 0 bridgehead atoms. The standard InChI is InChI=1S/C15H16N4OS2/c1-3-16-14-18-19-15(22-14)21-9-12-8-20-13(17-12)11-6-4-10(2)5-7-11/h4-8H,3,9H2,1-2H3,(H,16,18). The maximum atomic E-state index is 5.55. The van der Waals surface area contributed by atoms with Gasteiger partial charge in [-0.05, 0) is 26.0 Å². The minimum Gasteiger partial charge on any atom is -0.444 e. The summed E-state index contributed by atoms with van der Waals surface area (Å²) in [5.74, 6) is 1.37. The van der Waals surface area contributed by atoms with E-state index in [0.29, 0.717) is 5.89 Å². The summed E-state index contributed by atoms with van der Waals surface area (Å²) in [5, 5.41) is 12.2. The van der Waals surface area contributed by atoms with Crippen molar-refractivity contribution >= 4 is 28.2 Å². The van der Waals surface area contributed by atoms with Crippen LogP contribution in [0.4, 0.5) is 5.13 Å². The Morgan fingerprint density at radius 3 is 2.82 bits per heavy atom. The topological polar surface area (TPSA) is 63.8 Å². The van der Waals surface area contributed by atoms with E-state index in [1.54, 1.807) is 29.4 Å². The summed E-state index contributed by atoms with van der Waals surface area (Å²) in [5.41, 5.74) is 3.12. The van der Waals surface area contributed by atoms with E-state index < -0.39 is 0 Å². The third kappa shape index (κ3) is 3.66. The molecule has 1 aromatic carbocycles. The molecule has 0 saturated carbocycles. The first kappa shape index (κ1) is 15.1. The number of anilines is 1. The predicted molar refractivity (Wildman–Crippen MR) is 90.3 cm³/mol. The van der Waals surface area contributed by atoms with E-state index in [2.05, 4.69) is 39.6 Å². The Hall–Kier alpha value is -1.86. The molecule has 2 aromatic heterocycles. The number of rotatable bonds is 6. The lowest BCUT2D eigenvalue weighted by Gasteiger charge is -1.95. The van der Waals surface area contributed by atoms with Crippen LogP contribution in [0.25, 0.3) is 11.5 Å². The molecule has 0 atom stereocenters. The second-order valence-corrected chi connectivity index (χ2v) is 6.90. The average molecular weight is 332 g/mol. The molecule has 22 heavy (non-hydrogen) atoms. The van der Waals surface area contributed by atoms with Crippen LogP contribution in [-0.2, 0) is 5.75 Å². The highest BCUT2D eigenvalue weighted by Crippen LogP contribution is 2.29. The van der Waals surface area contributed by atoms with E-state index in [-0.39, 0.29) is 0 Å². The Labute approximate surface area is 137 Å². The molecule has 0 aliphatic carbocycles. The zero-order chi connectivity index (χ0) is 15.4. The Bertz CT molecular complexity index is 736. The molecule has 0 spiro atoms. The number of benzene rings is 1. The van der Waals surface area contributed by atoms with Crippen LogP contribution in [0.5, 0.6) is 0 Å². The quantitative estimate of drug-likeness (QED) is 0.682. The van der Waals surface area contributed by atoms with Crippen molar-refractivity contribution in [3.05, 3.63) is 41.8 Å². The monoisotopic (exact) mass is 332 g/mol. The minimum atomic E-state index is 0.654. The Morgan fingerprint density at radius 2 is 2.05 bits per heavy atom. The van der Waals surface area contributed by atoms with Gasteiger partial charge in [-0.25, -0.2) is 4.98 Å². The smallest absolute Gasteiger partial charge is 0.226 e. The number of aromatic nitrogens is 3. The average Bonchev–Trinajstić information content (AvgIpc) is 3.16. The molecule has 0 fully saturated rings. The summed E-state index contributed by atoms with van der Waals surface area (Å²) >= 11 is 3.17. The van der Waals surface area contributed by atoms with Crippen LogP contribution in [0.2, 0.25) is 0 Å². The lowest BCUT2D eigenvalue weighted by molar-refractivity contribution is 0.573. The summed E-state index contributed by atoms with van der Waals surface area (Å²) in [6, 6.07) is 8.14. The molecule has 2 heterocycles. The van der Waals surface area contributed by atoms with Gasteiger partial charge in [0.15, 0.2) is 4.34 Å². The summed E-state index contributed by atoms with van der Waals surface area (Å²) < 4.78 is 6.48. The van der Waals surface area contributed by atoms with Gasteiger partial charge in [-0.15, -0.1) is 10.2 Å². The molecule has 0 unspecified atom stereocenters. The molecule has 0 aliphatic rings. The van der Waals surface area contributed by atoms with E-state index in [4.69, 9.17) is 4.42 Å². The van der Waals surface area contributed by atoms with Gasteiger partial charge in [0.1, 0.15) is 6.26 Å². The predicted octanol–water partition coefficient (Wildman–Crippen LogP) is 4.23. The first-order valence-electron chi connectivity index (χ1n) is 6.96. The molecule has 0 amide bonds. The summed E-state index contributed by atoms with van der Waals surface area (Å²) in [7, 11) is 0. The zero-order valence-corrected chi connectivity index (χ0v) is 14.0. The molecule has 0 aliphatic heterocycles. The summed E-state index contributed by atoms with van der Waals surface area (Å²) in [4.78, 5) is 4.52. The van der Waals surface area contributed by atoms with Gasteiger partial charge in [0.05, 0.1) is 5.69 Å². The first-order valence-corrected chi connectivity index (χ1v) is 8.76. The number of hydrogen-bond donors (Lipinski definition) is 1. The van der Waals surface area contributed by atoms with Gasteiger partial charge in [-0.2, -0.15) is 0 Å². The SMILES string of the molecule is CCNc1nnc(SCc2coc(-c3ccc(C)cc3)n2)s1. The van der Waals surface area contributed by atoms with Gasteiger partial charge in [-0.3, -0.25) is 0 Å². The van der Waals surface area contributed by atoms with Crippen molar-refractivity contribution in [2.24, 2.45) is 0 Å². The van der Waals surface area contributed by atoms with Crippen LogP contribution in [0.15, 0.2) is 39.3 Å². The second kappa shape index (κ2) is 6.93. The lowest BCUT2D eigenvalue weighted by atomic mass is 10.1. The molecule has 3 aromatic rings. The van der Waals surface area contributed by atoms with Crippen LogP contribution in [-0.4, -0.2) is 21.7 Å². The molecule has 7 heteroatoms. The molecular formula is C15H16N4OS2. The second-order valence-electron chi connectivity index (χ2n) is 4.70. The normalized spacial score (nSPS) is 10.8. The minimum absolute atomic E-state index is 0.654. The highest BCUT2D eigenvalue weighted by atomic mass is 32.2. The van der Waals surface area contributed by atoms with Crippen LogP contribution < -0.4 is 5.32 Å². The van der Waals surface area contributed by atoms with Crippen LogP contribution in [0, 0.1) is 6.92 Å². The molecule has 1 N–H and O–H groups in total. The number of oxazole rings is 1. The molecule has 0 radical (unpaired) electrons. The Balaban J connectivity index is 1.62. The van der Waals surface area contributed by atoms with E-state index in [1.807, 2.05) is 19.1 Å². The van der Waals surface area contributed by atoms with Crippen LogP contribution >= 0.6 is 23.1 Å². The van der Waals surface area contributed by atoms with Gasteiger partial charge in [0.25, 0.3) is 0 Å². The molecule has 3 rings (SSSR count). The summed E-state index contributed by atoms with van der Waals surface area (Å²) in [6.45, 7) is 4.95. The fourth-order valence-corrected chi connectivity index (χ4v) is 3.53. The number of hydrogen-bond acceptors (Lipinski definition) is 7. The van der Waals surface area contributed by atoms with E-state index in [0.717, 1.165) is 33.0 Å². The highest BCUT2D eigenvalue weighted by Gasteiger charge is 2.09. The van der Waals surface area contributed by atoms with Gasteiger partial charge < -0.3 is 9.73 Å². The van der Waals surface area contributed by atoms with Crippen LogP contribution in [0.3, 0.4) is 0 Å². The molecule has 0 saturated heterocycles. The van der Waals surface area contributed by atoms with Gasteiger partial charge >= 0.3 is 0 Å². The third-order valence-corrected chi connectivity index (χ3v) is 4.98. The van der Waals surface area contributed by atoms with Crippen molar-refractivity contribution in [3.63, 3.8) is 0 Å². The number of nitrogens with zero attached hydrogens (tertiary/aromatic N) is 3. The highest BCUT2D eigenvalue weighted by molar-refractivity contribution is 8.00. The Kier molecular flexibility index (Phi) is 4.74. The van der Waals surface area contributed by atoms with Crippen LogP contribution in [0.1, 0.15) is 18.2 Å². The lowest BCUT2D eigenvalue weighted by Crippen LogP contribution is -1.94. The van der Waals surface area contributed by atoms with Crippen molar-refractivity contribution in [2.45, 2.75) is 23.9 Å². The van der Waals surface area contributed by atoms with Crippen molar-refractivity contribution in [1.82, 2.24) is 15.2 Å². The van der Waals surface area contributed by atoms with Crippen molar-refractivity contribution in [3.8, 4) is 11.5 Å². The maximum Gasteiger partial charge on any atom is 0.226 e.